The fraction of sp³-hybridized carbons (Fsp3) is 0.551. The van der Waals surface area contributed by atoms with E-state index in [2.05, 4.69) is 26.6 Å². The van der Waals surface area contributed by atoms with Crippen molar-refractivity contribution >= 4 is 58.2 Å². The molecule has 6 rings (SSSR count). The highest BCUT2D eigenvalue weighted by molar-refractivity contribution is 6.03. The van der Waals surface area contributed by atoms with E-state index in [0.717, 1.165) is 0 Å². The van der Waals surface area contributed by atoms with Crippen LogP contribution in [-0.4, -0.2) is 105 Å². The molecule has 1 saturated heterocycles. The standard InChI is InChI=1S/C47H59FN8O12.C2H6/c1-8-47(66)33-16-36-40-31(19-56(36)45(64)32(33)20-68-46(47)65)30(29-14-24(4)34(48)17-35(29)54-40)18-49-38(58)21-67-22-50-41(60)25(5)52-43(62)27(7)53-42(61)26(6)51-37(57)12-10-9-11-13-55-39(59)15-28(23(2)3)44(55)63;1-2/h14,16-17,23,25-28,66H,8-13,15,18-22H2,1-7H3,(H,49,58)(H,50,60)(H,51,57)(H,52,62)(H,53,61);1-2H3/t25-,26-,27-,28?,47-;/m0./s1. The fourth-order valence-corrected chi connectivity index (χ4v) is 8.53. The lowest BCUT2D eigenvalue weighted by Crippen LogP contribution is -2.54. The maximum Gasteiger partial charge on any atom is 0.343 e. The van der Waals surface area contributed by atoms with Gasteiger partial charge in [-0.05, 0) is 76.1 Å². The second kappa shape index (κ2) is 23.3. The summed E-state index contributed by atoms with van der Waals surface area (Å²) in [4.78, 5) is 121. The fourth-order valence-electron chi connectivity index (χ4n) is 8.53. The summed E-state index contributed by atoms with van der Waals surface area (Å²) in [5, 5.41) is 24.6. The van der Waals surface area contributed by atoms with Crippen molar-refractivity contribution in [3.05, 3.63) is 62.2 Å². The van der Waals surface area contributed by atoms with Crippen LogP contribution in [0.1, 0.15) is 122 Å². The van der Waals surface area contributed by atoms with Gasteiger partial charge in [-0.1, -0.05) is 41.0 Å². The molecule has 7 amide bonds. The molecule has 3 aliphatic heterocycles. The van der Waals surface area contributed by atoms with Crippen molar-refractivity contribution in [3.63, 3.8) is 0 Å². The number of aliphatic hydroxyl groups is 1. The van der Waals surface area contributed by atoms with Gasteiger partial charge >= 0.3 is 5.97 Å². The number of benzene rings is 1. The average Bonchev–Trinajstić information content (AvgIpc) is 3.84. The van der Waals surface area contributed by atoms with Gasteiger partial charge in [0.1, 0.15) is 43.9 Å². The predicted octanol–water partition coefficient (Wildman–Crippen LogP) is 2.37. The lowest BCUT2D eigenvalue weighted by molar-refractivity contribution is -0.172. The number of fused-ring (bicyclic) bond motifs is 5. The molecule has 1 unspecified atom stereocenters. The van der Waals surface area contributed by atoms with Crippen LogP contribution in [0.15, 0.2) is 23.0 Å². The van der Waals surface area contributed by atoms with Crippen LogP contribution < -0.4 is 32.1 Å². The molecule has 1 fully saturated rings. The number of aromatic nitrogens is 2. The number of nitrogens with zero attached hydrogens (tertiary/aromatic N) is 3. The maximum atomic E-state index is 14.9. The van der Waals surface area contributed by atoms with E-state index in [-0.39, 0.29) is 85.2 Å². The van der Waals surface area contributed by atoms with Crippen molar-refractivity contribution in [3.8, 4) is 11.4 Å². The number of likely N-dealkylation sites (tertiary alicyclic amines) is 1. The molecular formula is C49H65FN8O12. The van der Waals surface area contributed by atoms with E-state index in [4.69, 9.17) is 14.5 Å². The number of pyridine rings is 2. The Balaban J connectivity index is 0.00000450. The first-order chi connectivity index (χ1) is 33.2. The number of ether oxygens (including phenoxy) is 2. The zero-order valence-corrected chi connectivity index (χ0v) is 41.3. The van der Waals surface area contributed by atoms with Crippen LogP contribution in [0.4, 0.5) is 4.39 Å². The molecular weight excluding hydrogens is 912 g/mol. The van der Waals surface area contributed by atoms with Gasteiger partial charge in [-0.15, -0.1) is 0 Å². The molecule has 5 atom stereocenters. The van der Waals surface area contributed by atoms with E-state index in [1.165, 1.54) is 42.4 Å². The summed E-state index contributed by atoms with van der Waals surface area (Å²) >= 11 is 0. The molecule has 3 aliphatic rings. The Morgan fingerprint density at radius 1 is 0.886 bits per heavy atom. The lowest BCUT2D eigenvalue weighted by Gasteiger charge is -2.31. The van der Waals surface area contributed by atoms with Crippen LogP contribution >= 0.6 is 0 Å². The number of amides is 7. The topological polar surface area (TPSA) is 274 Å². The minimum atomic E-state index is -2.04. The lowest BCUT2D eigenvalue weighted by atomic mass is 9.86. The zero-order chi connectivity index (χ0) is 51.8. The Hall–Kier alpha value is -6.61. The van der Waals surface area contributed by atoms with Crippen LogP contribution in [0.25, 0.3) is 22.3 Å². The van der Waals surface area contributed by atoms with Gasteiger partial charge in [0.2, 0.25) is 41.4 Å². The molecule has 5 heterocycles. The molecule has 0 spiro atoms. The normalized spacial score (nSPS) is 18.1. The molecule has 3 aromatic rings. The number of carbonyl (C=O) groups excluding carboxylic acids is 8. The van der Waals surface area contributed by atoms with E-state index in [0.29, 0.717) is 59.3 Å². The second-order valence-electron chi connectivity index (χ2n) is 17.9. The zero-order valence-electron chi connectivity index (χ0n) is 41.3. The number of halogens is 1. The number of hydrogen-bond acceptors (Lipinski definition) is 13. The summed E-state index contributed by atoms with van der Waals surface area (Å²) in [6.45, 7) is 14.3. The highest BCUT2D eigenvalue weighted by Gasteiger charge is 2.46. The highest BCUT2D eigenvalue weighted by atomic mass is 19.1. The molecule has 0 bridgehead atoms. The quantitative estimate of drug-likeness (QED) is 0.0322. The first-order valence-electron chi connectivity index (χ1n) is 23.8. The third-order valence-electron chi connectivity index (χ3n) is 12.8. The van der Waals surface area contributed by atoms with Gasteiger partial charge in [0.15, 0.2) is 5.60 Å². The summed E-state index contributed by atoms with van der Waals surface area (Å²) in [7, 11) is 0. The Morgan fingerprint density at radius 3 is 2.19 bits per heavy atom. The summed E-state index contributed by atoms with van der Waals surface area (Å²) in [5.41, 5.74) is 0.0775. The number of aryl methyl sites for hydroxylation is 1. The average molecular weight is 977 g/mol. The van der Waals surface area contributed by atoms with Gasteiger partial charge < -0.3 is 45.7 Å². The van der Waals surface area contributed by atoms with Crippen LogP contribution in [0, 0.1) is 24.6 Å². The minimum Gasteiger partial charge on any atom is -0.458 e. The molecule has 20 nitrogen and oxygen atoms in total. The van der Waals surface area contributed by atoms with Gasteiger partial charge in [0.25, 0.3) is 5.56 Å². The number of esters is 1. The van der Waals surface area contributed by atoms with Crippen LogP contribution in [0.3, 0.4) is 0 Å². The minimum absolute atomic E-state index is 0.0392. The van der Waals surface area contributed by atoms with Crippen molar-refractivity contribution in [2.75, 3.05) is 19.9 Å². The number of hydrogen-bond donors (Lipinski definition) is 6. The molecule has 2 aromatic heterocycles. The Morgan fingerprint density at radius 2 is 1.54 bits per heavy atom. The van der Waals surface area contributed by atoms with E-state index >= 15 is 0 Å². The molecule has 0 saturated carbocycles. The first-order valence-corrected chi connectivity index (χ1v) is 23.8. The third-order valence-corrected chi connectivity index (χ3v) is 12.8. The van der Waals surface area contributed by atoms with E-state index in [9.17, 15) is 52.6 Å². The maximum absolute atomic E-state index is 14.9. The van der Waals surface area contributed by atoms with Gasteiger partial charge in [-0.2, -0.15) is 0 Å². The molecule has 6 N–H and O–H groups in total. The van der Waals surface area contributed by atoms with Gasteiger partial charge in [0.05, 0.1) is 29.0 Å². The third kappa shape index (κ3) is 11.9. The summed E-state index contributed by atoms with van der Waals surface area (Å²) in [5.74, 6) is -4.83. The largest absolute Gasteiger partial charge is 0.458 e. The number of nitrogens with one attached hydrogen (secondary N) is 5. The second-order valence-corrected chi connectivity index (χ2v) is 17.9. The van der Waals surface area contributed by atoms with E-state index in [1.807, 2.05) is 27.7 Å². The predicted molar refractivity (Wildman–Crippen MR) is 252 cm³/mol. The SMILES string of the molecule is CC.CC[C@@]1(O)C(=O)OCc2c1cc1n(c2=O)Cc2c-1nc1cc(F)c(C)cc1c2CNC(=O)COCNC(=O)[C@H](C)NC(=O)[C@H](C)NC(=O)[C@H](C)NC(=O)CCCCCN1C(=O)CC(C(C)C)C1=O. The van der Waals surface area contributed by atoms with Crippen LogP contribution in [0.2, 0.25) is 0 Å². The van der Waals surface area contributed by atoms with E-state index in [1.54, 1.807) is 19.9 Å². The summed E-state index contributed by atoms with van der Waals surface area (Å²) in [6, 6.07) is 1.27. The number of rotatable bonds is 20. The molecule has 1 aromatic carbocycles. The van der Waals surface area contributed by atoms with Crippen LogP contribution in [0.5, 0.6) is 0 Å². The van der Waals surface area contributed by atoms with Crippen molar-refractivity contribution in [1.82, 2.24) is 41.0 Å². The van der Waals surface area contributed by atoms with Gasteiger partial charge in [-0.25, -0.2) is 14.2 Å². The Labute approximate surface area is 405 Å². The molecule has 70 heavy (non-hydrogen) atoms. The van der Waals surface area contributed by atoms with Crippen molar-refractivity contribution in [2.24, 2.45) is 11.8 Å². The molecule has 0 radical (unpaired) electrons. The molecule has 380 valence electrons. The van der Waals surface area contributed by atoms with E-state index < -0.39 is 78.0 Å². The monoisotopic (exact) mass is 976 g/mol. The van der Waals surface area contributed by atoms with Gasteiger partial charge in [-0.3, -0.25) is 43.3 Å². The highest BCUT2D eigenvalue weighted by Crippen LogP contribution is 2.40. The number of cyclic esters (lactones) is 1. The first kappa shape index (κ1) is 54.3. The molecule has 21 heteroatoms. The number of imide groups is 1. The van der Waals surface area contributed by atoms with Crippen LogP contribution in [-0.2, 0) is 73.1 Å². The van der Waals surface area contributed by atoms with Crippen molar-refractivity contribution < 1.29 is 57.3 Å². The Bertz CT molecular complexity index is 2620. The number of unbranched alkanes of at least 4 members (excludes halogenated alkanes) is 2. The van der Waals surface area contributed by atoms with Gasteiger partial charge in [0, 0.05) is 54.4 Å². The Kier molecular flexibility index (Phi) is 18.1. The van der Waals surface area contributed by atoms with Crippen molar-refractivity contribution in [2.45, 2.75) is 144 Å². The molecule has 0 aliphatic carbocycles. The van der Waals surface area contributed by atoms with Crippen molar-refractivity contribution in [1.29, 1.82) is 0 Å². The summed E-state index contributed by atoms with van der Waals surface area (Å²) < 4.78 is 26.8. The summed E-state index contributed by atoms with van der Waals surface area (Å²) in [6.07, 6.45) is 1.93. The number of carbonyl (C=O) groups is 8. The smallest absolute Gasteiger partial charge is 0.343 e.